The van der Waals surface area contributed by atoms with E-state index in [9.17, 15) is 9.59 Å². The van der Waals surface area contributed by atoms with Crippen LogP contribution in [0, 0.1) is 17.8 Å². The van der Waals surface area contributed by atoms with E-state index in [-0.39, 0.29) is 40.9 Å². The summed E-state index contributed by atoms with van der Waals surface area (Å²) in [6, 6.07) is -0.0189. The fourth-order valence-electron chi connectivity index (χ4n) is 5.71. The van der Waals surface area contributed by atoms with Gasteiger partial charge in [0.25, 0.3) is 0 Å². The molecule has 4 fully saturated rings. The molecular formula is C23H37NO4. The van der Waals surface area contributed by atoms with Gasteiger partial charge in [0.2, 0.25) is 11.8 Å². The van der Waals surface area contributed by atoms with Gasteiger partial charge in [-0.2, -0.15) is 0 Å². The van der Waals surface area contributed by atoms with Crippen molar-refractivity contribution in [3.63, 3.8) is 0 Å². The lowest BCUT2D eigenvalue weighted by molar-refractivity contribution is -0.141. The first kappa shape index (κ1) is 20.3. The zero-order chi connectivity index (χ0) is 20.3. The Morgan fingerprint density at radius 1 is 0.964 bits per heavy atom. The summed E-state index contributed by atoms with van der Waals surface area (Å²) in [5, 5.41) is 0. The van der Waals surface area contributed by atoms with Crippen LogP contribution in [0.3, 0.4) is 0 Å². The zero-order valence-corrected chi connectivity index (χ0v) is 18.2. The maximum Gasteiger partial charge on any atom is 0.233 e. The molecule has 0 bridgehead atoms. The first-order valence-corrected chi connectivity index (χ1v) is 11.4. The molecular weight excluding hydrogens is 354 g/mol. The number of carbonyl (C=O) groups is 2. The first-order chi connectivity index (χ1) is 13.2. The summed E-state index contributed by atoms with van der Waals surface area (Å²) in [5.74, 6) is 0.571. The third-order valence-corrected chi connectivity index (χ3v) is 8.10. The number of amides is 2. The molecule has 5 heteroatoms. The van der Waals surface area contributed by atoms with Crippen molar-refractivity contribution in [2.45, 2.75) is 115 Å². The summed E-state index contributed by atoms with van der Waals surface area (Å²) in [6.07, 6.45) is 9.01. The second-order valence-electron chi connectivity index (χ2n) is 10.3. The van der Waals surface area contributed by atoms with Crippen molar-refractivity contribution in [2.24, 2.45) is 17.8 Å². The lowest BCUT2D eigenvalue weighted by atomic mass is 9.73. The minimum Gasteiger partial charge on any atom is -0.366 e. The van der Waals surface area contributed by atoms with Crippen LogP contribution in [0.5, 0.6) is 0 Å². The number of hydrogen-bond acceptors (Lipinski definition) is 4. The molecule has 0 aromatic heterocycles. The van der Waals surface area contributed by atoms with Gasteiger partial charge in [-0.15, -0.1) is 0 Å². The molecule has 3 aliphatic heterocycles. The predicted molar refractivity (Wildman–Crippen MR) is 107 cm³/mol. The smallest absolute Gasteiger partial charge is 0.233 e. The average Bonchev–Trinajstić information content (AvgIpc) is 3.50. The number of rotatable bonds is 8. The lowest BCUT2D eigenvalue weighted by Crippen LogP contribution is -2.37. The number of nitrogens with zero attached hydrogens (tertiary/aromatic N) is 1. The Morgan fingerprint density at radius 2 is 1.61 bits per heavy atom. The molecule has 2 amide bonds. The van der Waals surface area contributed by atoms with Gasteiger partial charge in [0.05, 0.1) is 35.2 Å². The molecule has 4 rings (SSSR count). The highest BCUT2D eigenvalue weighted by molar-refractivity contribution is 6.05. The van der Waals surface area contributed by atoms with Gasteiger partial charge in [0, 0.05) is 6.04 Å². The third kappa shape index (κ3) is 3.54. The van der Waals surface area contributed by atoms with Crippen LogP contribution in [0.25, 0.3) is 0 Å². The van der Waals surface area contributed by atoms with Crippen LogP contribution < -0.4 is 0 Å². The number of epoxide rings is 2. The Kier molecular flexibility index (Phi) is 5.15. The van der Waals surface area contributed by atoms with Gasteiger partial charge >= 0.3 is 0 Å². The van der Waals surface area contributed by atoms with Gasteiger partial charge in [0.1, 0.15) is 0 Å². The lowest BCUT2D eigenvalue weighted by Gasteiger charge is -2.28. The van der Waals surface area contributed by atoms with E-state index in [1.165, 1.54) is 4.90 Å². The van der Waals surface area contributed by atoms with Crippen molar-refractivity contribution in [3.8, 4) is 0 Å². The fourth-order valence-corrected chi connectivity index (χ4v) is 5.71. The average molecular weight is 392 g/mol. The number of imide groups is 1. The van der Waals surface area contributed by atoms with Crippen molar-refractivity contribution >= 4 is 11.8 Å². The van der Waals surface area contributed by atoms with Crippen molar-refractivity contribution in [1.82, 2.24) is 4.90 Å². The molecule has 0 N–H and O–H groups in total. The molecule has 3 heterocycles. The van der Waals surface area contributed by atoms with E-state index < -0.39 is 0 Å². The van der Waals surface area contributed by atoms with E-state index in [0.29, 0.717) is 18.1 Å². The Labute approximate surface area is 169 Å². The Morgan fingerprint density at radius 3 is 2.25 bits per heavy atom. The monoisotopic (exact) mass is 391 g/mol. The topological polar surface area (TPSA) is 62.4 Å². The van der Waals surface area contributed by atoms with Crippen molar-refractivity contribution in [2.75, 3.05) is 0 Å². The van der Waals surface area contributed by atoms with E-state index in [2.05, 4.69) is 20.8 Å². The zero-order valence-electron chi connectivity index (χ0n) is 18.2. The number of likely N-dealkylation sites (tertiary alicyclic amines) is 1. The van der Waals surface area contributed by atoms with Crippen LogP contribution in [0.2, 0.25) is 0 Å². The van der Waals surface area contributed by atoms with Gasteiger partial charge in [-0.25, -0.2) is 0 Å². The highest BCUT2D eigenvalue weighted by Crippen LogP contribution is 2.49. The standard InChI is InChI=1S/C23H37NO4/c1-6-22(4)19(27-22)11-12-23(5)18(28-23)10-8-15-7-9-16-17(13-15)21(26)24(14(2)3)20(16)25/h14-19H,6-13H2,1-5H3. The molecule has 28 heavy (non-hydrogen) atoms. The Hall–Kier alpha value is -0.940. The van der Waals surface area contributed by atoms with Crippen molar-refractivity contribution in [1.29, 1.82) is 0 Å². The summed E-state index contributed by atoms with van der Waals surface area (Å²) in [6.45, 7) is 10.5. The maximum absolute atomic E-state index is 12.7. The van der Waals surface area contributed by atoms with Crippen LogP contribution in [-0.2, 0) is 19.1 Å². The maximum atomic E-state index is 12.7. The van der Waals surface area contributed by atoms with E-state index >= 15 is 0 Å². The quantitative estimate of drug-likeness (QED) is 0.462. The number of carbonyl (C=O) groups excluding carboxylic acids is 2. The van der Waals surface area contributed by atoms with Crippen LogP contribution in [0.4, 0.5) is 0 Å². The summed E-state index contributed by atoms with van der Waals surface area (Å²) in [4.78, 5) is 26.7. The summed E-state index contributed by atoms with van der Waals surface area (Å²) >= 11 is 0. The number of ether oxygens (including phenoxy) is 2. The molecule has 7 atom stereocenters. The molecule has 1 saturated carbocycles. The molecule has 0 spiro atoms. The summed E-state index contributed by atoms with van der Waals surface area (Å²) < 4.78 is 11.9. The van der Waals surface area contributed by atoms with E-state index in [4.69, 9.17) is 9.47 Å². The van der Waals surface area contributed by atoms with Gasteiger partial charge in [-0.3, -0.25) is 14.5 Å². The number of hydrogen-bond donors (Lipinski definition) is 0. The second kappa shape index (κ2) is 7.09. The van der Waals surface area contributed by atoms with Gasteiger partial charge in [-0.05, 0) is 85.0 Å². The van der Waals surface area contributed by atoms with Gasteiger partial charge in [0.15, 0.2) is 0 Å². The minimum absolute atomic E-state index is 0.0189. The number of fused-ring (bicyclic) bond motifs is 1. The van der Waals surface area contributed by atoms with Crippen molar-refractivity contribution in [3.05, 3.63) is 0 Å². The normalized spacial score (nSPS) is 44.9. The second-order valence-corrected chi connectivity index (χ2v) is 10.3. The van der Waals surface area contributed by atoms with Crippen LogP contribution in [0.1, 0.15) is 86.0 Å². The van der Waals surface area contributed by atoms with Gasteiger partial charge < -0.3 is 9.47 Å². The van der Waals surface area contributed by atoms with Crippen LogP contribution >= 0.6 is 0 Å². The first-order valence-electron chi connectivity index (χ1n) is 11.4. The van der Waals surface area contributed by atoms with E-state index in [0.717, 1.165) is 51.4 Å². The van der Waals surface area contributed by atoms with E-state index in [1.807, 2.05) is 13.8 Å². The SMILES string of the molecule is CCC1(C)OC1CCC1(C)OC1CCC1CCC2C(=O)N(C(C)C)C(=O)C2C1. The molecule has 0 aromatic carbocycles. The highest BCUT2D eigenvalue weighted by Gasteiger charge is 2.56. The van der Waals surface area contributed by atoms with E-state index in [1.54, 1.807) is 0 Å². The molecule has 0 radical (unpaired) electrons. The van der Waals surface area contributed by atoms with Crippen LogP contribution in [-0.4, -0.2) is 46.2 Å². The summed E-state index contributed by atoms with van der Waals surface area (Å²) in [7, 11) is 0. The van der Waals surface area contributed by atoms with Crippen LogP contribution in [0.15, 0.2) is 0 Å². The molecule has 7 unspecified atom stereocenters. The molecule has 0 aromatic rings. The molecule has 3 saturated heterocycles. The Balaban J connectivity index is 1.22. The molecule has 4 aliphatic rings. The largest absolute Gasteiger partial charge is 0.366 e. The third-order valence-electron chi connectivity index (χ3n) is 8.10. The molecule has 5 nitrogen and oxygen atoms in total. The highest BCUT2D eigenvalue weighted by atomic mass is 16.6. The van der Waals surface area contributed by atoms with Crippen molar-refractivity contribution < 1.29 is 19.1 Å². The molecule has 158 valence electrons. The predicted octanol–water partition coefficient (Wildman–Crippen LogP) is 4.08. The molecule has 1 aliphatic carbocycles. The fraction of sp³-hybridized carbons (Fsp3) is 0.913. The summed E-state index contributed by atoms with van der Waals surface area (Å²) in [5.41, 5.74) is 0.125. The van der Waals surface area contributed by atoms with Gasteiger partial charge in [-0.1, -0.05) is 6.92 Å². The Bertz CT molecular complexity index is 649. The minimum atomic E-state index is -0.0705.